The number of carbonyl (C=O) groups is 1. The molecule has 0 saturated carbocycles. The third-order valence-corrected chi connectivity index (χ3v) is 3.95. The zero-order valence-corrected chi connectivity index (χ0v) is 14.4. The lowest BCUT2D eigenvalue weighted by Gasteiger charge is -2.16. The van der Waals surface area contributed by atoms with Crippen molar-refractivity contribution in [3.8, 4) is 0 Å². The van der Waals surface area contributed by atoms with Crippen LogP contribution in [0.3, 0.4) is 0 Å². The van der Waals surface area contributed by atoms with Gasteiger partial charge in [-0.2, -0.15) is 0 Å². The standard InChI is InChI=1S/C19H23ClN2O/c1-3-15-4-6-17(7-5-15)13-22(2)14-19(23)21-12-16-8-10-18(20)11-9-16/h4-11H,3,12-14H2,1-2H3,(H,21,23). The number of nitrogens with zero attached hydrogens (tertiary/aromatic N) is 1. The van der Waals surface area contributed by atoms with Gasteiger partial charge in [0.25, 0.3) is 0 Å². The maximum Gasteiger partial charge on any atom is 0.234 e. The smallest absolute Gasteiger partial charge is 0.234 e. The van der Waals surface area contributed by atoms with E-state index >= 15 is 0 Å². The fraction of sp³-hybridized carbons (Fsp3) is 0.316. The second-order valence-electron chi connectivity index (χ2n) is 5.75. The molecule has 2 rings (SSSR count). The zero-order chi connectivity index (χ0) is 16.7. The number of nitrogens with one attached hydrogen (secondary N) is 1. The maximum atomic E-state index is 12.0. The summed E-state index contributed by atoms with van der Waals surface area (Å²) in [6.07, 6.45) is 1.04. The van der Waals surface area contributed by atoms with Gasteiger partial charge in [-0.3, -0.25) is 9.69 Å². The Bertz CT molecular complexity index is 623. The molecule has 0 unspecified atom stereocenters. The lowest BCUT2D eigenvalue weighted by Crippen LogP contribution is -2.34. The lowest BCUT2D eigenvalue weighted by atomic mass is 10.1. The number of likely N-dealkylation sites (N-methyl/N-ethyl adjacent to an activating group) is 1. The zero-order valence-electron chi connectivity index (χ0n) is 13.7. The minimum Gasteiger partial charge on any atom is -0.351 e. The summed E-state index contributed by atoms with van der Waals surface area (Å²) in [5, 5.41) is 3.63. The summed E-state index contributed by atoms with van der Waals surface area (Å²) < 4.78 is 0. The molecule has 1 N–H and O–H groups in total. The van der Waals surface area contributed by atoms with Crippen molar-refractivity contribution in [2.24, 2.45) is 0 Å². The van der Waals surface area contributed by atoms with Crippen molar-refractivity contribution in [1.82, 2.24) is 10.2 Å². The van der Waals surface area contributed by atoms with Gasteiger partial charge in [0.05, 0.1) is 6.54 Å². The van der Waals surface area contributed by atoms with Gasteiger partial charge >= 0.3 is 0 Å². The maximum absolute atomic E-state index is 12.0. The van der Waals surface area contributed by atoms with Crippen molar-refractivity contribution in [3.05, 3.63) is 70.2 Å². The predicted molar refractivity (Wildman–Crippen MR) is 95.5 cm³/mol. The van der Waals surface area contributed by atoms with Crippen LogP contribution in [-0.4, -0.2) is 24.4 Å². The molecule has 0 aliphatic carbocycles. The van der Waals surface area contributed by atoms with Gasteiger partial charge < -0.3 is 5.32 Å². The minimum absolute atomic E-state index is 0.0210. The van der Waals surface area contributed by atoms with Gasteiger partial charge in [-0.15, -0.1) is 0 Å². The van der Waals surface area contributed by atoms with Gasteiger partial charge in [0, 0.05) is 18.1 Å². The predicted octanol–water partition coefficient (Wildman–Crippen LogP) is 3.65. The fourth-order valence-corrected chi connectivity index (χ4v) is 2.48. The number of amides is 1. The van der Waals surface area contributed by atoms with Crippen molar-refractivity contribution >= 4 is 17.5 Å². The third-order valence-electron chi connectivity index (χ3n) is 3.70. The van der Waals surface area contributed by atoms with Crippen LogP contribution < -0.4 is 5.32 Å². The van der Waals surface area contributed by atoms with Crippen LogP contribution in [0.1, 0.15) is 23.6 Å². The Morgan fingerprint density at radius 1 is 1.00 bits per heavy atom. The van der Waals surface area contributed by atoms with E-state index in [9.17, 15) is 4.79 Å². The number of rotatable bonds is 7. The molecule has 2 aromatic rings. The van der Waals surface area contributed by atoms with Crippen LogP contribution in [-0.2, 0) is 24.3 Å². The van der Waals surface area contributed by atoms with Gasteiger partial charge in [0.2, 0.25) is 5.91 Å². The molecule has 0 heterocycles. The molecule has 122 valence electrons. The number of hydrogen-bond acceptors (Lipinski definition) is 2. The van der Waals surface area contributed by atoms with E-state index in [0.29, 0.717) is 18.1 Å². The molecule has 0 fully saturated rings. The first kappa shape index (κ1) is 17.5. The monoisotopic (exact) mass is 330 g/mol. The Kier molecular flexibility index (Phi) is 6.63. The highest BCUT2D eigenvalue weighted by molar-refractivity contribution is 6.30. The summed E-state index contributed by atoms with van der Waals surface area (Å²) in [4.78, 5) is 14.0. The van der Waals surface area contributed by atoms with E-state index in [-0.39, 0.29) is 5.91 Å². The molecule has 0 aliphatic heterocycles. The Morgan fingerprint density at radius 3 is 2.17 bits per heavy atom. The summed E-state index contributed by atoms with van der Waals surface area (Å²) in [5.41, 5.74) is 3.59. The second kappa shape index (κ2) is 8.70. The van der Waals surface area contributed by atoms with Crippen LogP contribution >= 0.6 is 11.6 Å². The first-order valence-electron chi connectivity index (χ1n) is 7.84. The van der Waals surface area contributed by atoms with Crippen molar-refractivity contribution in [1.29, 1.82) is 0 Å². The number of benzene rings is 2. The first-order valence-corrected chi connectivity index (χ1v) is 8.22. The van der Waals surface area contributed by atoms with Gasteiger partial charge in [0.1, 0.15) is 0 Å². The van der Waals surface area contributed by atoms with E-state index in [1.807, 2.05) is 36.2 Å². The summed E-state index contributed by atoms with van der Waals surface area (Å²) >= 11 is 5.85. The van der Waals surface area contributed by atoms with Crippen LogP contribution in [0, 0.1) is 0 Å². The normalized spacial score (nSPS) is 10.8. The topological polar surface area (TPSA) is 32.3 Å². The van der Waals surface area contributed by atoms with Crippen LogP contribution in [0.5, 0.6) is 0 Å². The first-order chi connectivity index (χ1) is 11.1. The molecule has 4 heteroatoms. The molecule has 0 bridgehead atoms. The Hall–Kier alpha value is -1.84. The summed E-state index contributed by atoms with van der Waals surface area (Å²) in [6, 6.07) is 16.0. The average Bonchev–Trinajstić information content (AvgIpc) is 2.55. The van der Waals surface area contributed by atoms with Crippen molar-refractivity contribution in [3.63, 3.8) is 0 Å². The fourth-order valence-electron chi connectivity index (χ4n) is 2.35. The summed E-state index contributed by atoms with van der Waals surface area (Å²) in [7, 11) is 1.95. The molecule has 0 saturated heterocycles. The largest absolute Gasteiger partial charge is 0.351 e. The van der Waals surface area contributed by atoms with E-state index in [1.54, 1.807) is 0 Å². The van der Waals surface area contributed by atoms with E-state index in [2.05, 4.69) is 36.5 Å². The van der Waals surface area contributed by atoms with Gasteiger partial charge in [-0.25, -0.2) is 0 Å². The molecule has 0 radical (unpaired) electrons. The van der Waals surface area contributed by atoms with Crippen LogP contribution in [0.4, 0.5) is 0 Å². The summed E-state index contributed by atoms with van der Waals surface area (Å²) in [6.45, 7) is 3.81. The van der Waals surface area contributed by atoms with Gasteiger partial charge in [-0.05, 0) is 42.3 Å². The third kappa shape index (κ3) is 6.05. The molecule has 0 spiro atoms. The molecule has 23 heavy (non-hydrogen) atoms. The van der Waals surface area contributed by atoms with E-state index in [1.165, 1.54) is 11.1 Å². The van der Waals surface area contributed by atoms with Crippen molar-refractivity contribution in [2.45, 2.75) is 26.4 Å². The van der Waals surface area contributed by atoms with Crippen LogP contribution in [0.25, 0.3) is 0 Å². The van der Waals surface area contributed by atoms with Gasteiger partial charge in [-0.1, -0.05) is 54.9 Å². The highest BCUT2D eigenvalue weighted by Crippen LogP contribution is 2.09. The highest BCUT2D eigenvalue weighted by Gasteiger charge is 2.07. The molecule has 3 nitrogen and oxygen atoms in total. The number of aryl methyl sites for hydroxylation is 1. The molecule has 1 amide bonds. The van der Waals surface area contributed by atoms with E-state index < -0.39 is 0 Å². The average molecular weight is 331 g/mol. The number of halogens is 1. The number of hydrogen-bond donors (Lipinski definition) is 1. The quantitative estimate of drug-likeness (QED) is 0.840. The van der Waals surface area contributed by atoms with Gasteiger partial charge in [0.15, 0.2) is 0 Å². The SMILES string of the molecule is CCc1ccc(CN(C)CC(=O)NCc2ccc(Cl)cc2)cc1. The lowest BCUT2D eigenvalue weighted by molar-refractivity contribution is -0.122. The minimum atomic E-state index is 0.0210. The molecule has 0 aromatic heterocycles. The van der Waals surface area contributed by atoms with Crippen molar-refractivity contribution < 1.29 is 4.79 Å². The molecular formula is C19H23ClN2O. The Balaban J connectivity index is 1.76. The second-order valence-corrected chi connectivity index (χ2v) is 6.18. The summed E-state index contributed by atoms with van der Waals surface area (Å²) in [5.74, 6) is 0.0210. The Morgan fingerprint density at radius 2 is 1.57 bits per heavy atom. The van der Waals surface area contributed by atoms with Crippen molar-refractivity contribution in [2.75, 3.05) is 13.6 Å². The highest BCUT2D eigenvalue weighted by atomic mass is 35.5. The van der Waals surface area contributed by atoms with Crippen LogP contribution in [0.2, 0.25) is 5.02 Å². The Labute approximate surface area is 143 Å². The van der Waals surface area contributed by atoms with E-state index in [4.69, 9.17) is 11.6 Å². The molecule has 0 atom stereocenters. The molecule has 0 aliphatic rings. The van der Waals surface area contributed by atoms with Crippen LogP contribution in [0.15, 0.2) is 48.5 Å². The molecule has 2 aromatic carbocycles. The number of carbonyl (C=O) groups excluding carboxylic acids is 1. The van der Waals surface area contributed by atoms with E-state index in [0.717, 1.165) is 18.5 Å². The molecular weight excluding hydrogens is 308 g/mol.